The summed E-state index contributed by atoms with van der Waals surface area (Å²) in [5.41, 5.74) is 5.90. The second-order valence-electron chi connectivity index (χ2n) is 4.51. The third-order valence-corrected chi connectivity index (χ3v) is 5.42. The standard InChI is InChI=1S/C15H14N2O4S2/c1-10(21-15(16)18)11-6-2-4-8-13(11)22-23-14-9-5-3-7-12(14)17(19)20/h2-10H,1H3,(H2,16,18). The summed E-state index contributed by atoms with van der Waals surface area (Å²) in [5, 5.41) is 11.0. The lowest BCUT2D eigenvalue weighted by molar-refractivity contribution is -0.387. The van der Waals surface area contributed by atoms with Crippen molar-refractivity contribution in [2.45, 2.75) is 22.8 Å². The molecule has 0 aliphatic carbocycles. The van der Waals surface area contributed by atoms with E-state index in [1.165, 1.54) is 27.7 Å². The van der Waals surface area contributed by atoms with Gasteiger partial charge in [0.2, 0.25) is 0 Å². The van der Waals surface area contributed by atoms with Crippen molar-refractivity contribution in [2.24, 2.45) is 5.73 Å². The molecule has 0 fully saturated rings. The summed E-state index contributed by atoms with van der Waals surface area (Å²) in [7, 11) is 2.65. The van der Waals surface area contributed by atoms with Crippen molar-refractivity contribution in [1.82, 2.24) is 0 Å². The van der Waals surface area contributed by atoms with Crippen molar-refractivity contribution in [1.29, 1.82) is 0 Å². The Morgan fingerprint density at radius 3 is 2.35 bits per heavy atom. The number of primary amides is 1. The van der Waals surface area contributed by atoms with Gasteiger partial charge in [0.1, 0.15) is 6.10 Å². The van der Waals surface area contributed by atoms with E-state index in [9.17, 15) is 14.9 Å². The lowest BCUT2D eigenvalue weighted by atomic mass is 10.1. The molecule has 2 aromatic rings. The number of para-hydroxylation sites is 1. The van der Waals surface area contributed by atoms with E-state index in [1.54, 1.807) is 25.1 Å². The molecule has 0 bridgehead atoms. The lowest BCUT2D eigenvalue weighted by Crippen LogP contribution is -2.15. The summed E-state index contributed by atoms with van der Waals surface area (Å²) in [6.45, 7) is 1.72. The minimum atomic E-state index is -0.844. The molecule has 23 heavy (non-hydrogen) atoms. The monoisotopic (exact) mass is 350 g/mol. The summed E-state index contributed by atoms with van der Waals surface area (Å²) < 4.78 is 5.00. The molecule has 8 heteroatoms. The molecule has 1 atom stereocenters. The van der Waals surface area contributed by atoms with Crippen LogP contribution in [0.3, 0.4) is 0 Å². The summed E-state index contributed by atoms with van der Waals surface area (Å²) in [4.78, 5) is 22.9. The molecule has 0 radical (unpaired) electrons. The highest BCUT2D eigenvalue weighted by Crippen LogP contribution is 2.43. The van der Waals surface area contributed by atoms with E-state index < -0.39 is 17.1 Å². The van der Waals surface area contributed by atoms with E-state index in [0.717, 1.165) is 10.5 Å². The molecule has 0 aliphatic heterocycles. The van der Waals surface area contributed by atoms with Crippen LogP contribution in [0.2, 0.25) is 0 Å². The predicted molar refractivity (Wildman–Crippen MR) is 90.3 cm³/mol. The van der Waals surface area contributed by atoms with Crippen molar-refractivity contribution in [3.05, 3.63) is 64.2 Å². The average Bonchev–Trinajstić information content (AvgIpc) is 2.52. The van der Waals surface area contributed by atoms with Gasteiger partial charge in [0.25, 0.3) is 5.69 Å². The van der Waals surface area contributed by atoms with Gasteiger partial charge in [-0.15, -0.1) is 0 Å². The van der Waals surface area contributed by atoms with Crippen LogP contribution in [-0.4, -0.2) is 11.0 Å². The second-order valence-corrected chi connectivity index (χ2v) is 6.72. The Kier molecular flexibility index (Phi) is 5.89. The molecule has 0 heterocycles. The Morgan fingerprint density at radius 2 is 1.70 bits per heavy atom. The fourth-order valence-electron chi connectivity index (χ4n) is 1.90. The zero-order valence-electron chi connectivity index (χ0n) is 12.2. The fourth-order valence-corrected chi connectivity index (χ4v) is 4.32. The SMILES string of the molecule is CC(OC(N)=O)c1ccccc1SSc1ccccc1[N+](=O)[O-]. The summed E-state index contributed by atoms with van der Waals surface area (Å²) in [6, 6.07) is 13.9. The van der Waals surface area contributed by atoms with Gasteiger partial charge in [0.15, 0.2) is 0 Å². The van der Waals surface area contributed by atoms with Crippen LogP contribution in [0.1, 0.15) is 18.6 Å². The topological polar surface area (TPSA) is 95.5 Å². The van der Waals surface area contributed by atoms with Gasteiger partial charge in [0.05, 0.1) is 9.82 Å². The zero-order valence-corrected chi connectivity index (χ0v) is 13.8. The first-order chi connectivity index (χ1) is 11.0. The van der Waals surface area contributed by atoms with Gasteiger partial charge in [-0.05, 0) is 29.9 Å². The maximum absolute atomic E-state index is 11.0. The van der Waals surface area contributed by atoms with Crippen molar-refractivity contribution < 1.29 is 14.5 Å². The van der Waals surface area contributed by atoms with Crippen LogP contribution in [-0.2, 0) is 4.74 Å². The molecule has 0 spiro atoms. The van der Waals surface area contributed by atoms with Gasteiger partial charge < -0.3 is 10.5 Å². The van der Waals surface area contributed by atoms with E-state index in [4.69, 9.17) is 10.5 Å². The molecule has 0 saturated carbocycles. The first kappa shape index (κ1) is 17.2. The number of rotatable bonds is 6. The molecule has 1 amide bonds. The summed E-state index contributed by atoms with van der Waals surface area (Å²) >= 11 is 0. The quantitative estimate of drug-likeness (QED) is 0.466. The maximum Gasteiger partial charge on any atom is 0.405 e. The van der Waals surface area contributed by atoms with Gasteiger partial charge in [-0.1, -0.05) is 41.1 Å². The highest BCUT2D eigenvalue weighted by Gasteiger charge is 2.17. The Balaban J connectivity index is 2.19. The zero-order chi connectivity index (χ0) is 16.8. The van der Waals surface area contributed by atoms with Crippen LogP contribution >= 0.6 is 21.6 Å². The molecule has 2 N–H and O–H groups in total. The number of amides is 1. The molecule has 0 aliphatic rings. The average molecular weight is 350 g/mol. The van der Waals surface area contributed by atoms with Gasteiger partial charge in [0, 0.05) is 16.5 Å². The Labute approximate surface area is 140 Å². The van der Waals surface area contributed by atoms with Crippen LogP contribution in [0.25, 0.3) is 0 Å². The second kappa shape index (κ2) is 7.89. The van der Waals surface area contributed by atoms with Crippen LogP contribution in [0.15, 0.2) is 58.3 Å². The highest BCUT2D eigenvalue weighted by atomic mass is 33.1. The first-order valence-electron chi connectivity index (χ1n) is 6.62. The molecule has 1 unspecified atom stereocenters. The van der Waals surface area contributed by atoms with E-state index in [0.29, 0.717) is 4.90 Å². The van der Waals surface area contributed by atoms with E-state index in [-0.39, 0.29) is 5.69 Å². The Morgan fingerprint density at radius 1 is 1.13 bits per heavy atom. The van der Waals surface area contributed by atoms with Crippen LogP contribution in [0.4, 0.5) is 10.5 Å². The molecule has 0 saturated heterocycles. The largest absolute Gasteiger partial charge is 0.442 e. The minimum absolute atomic E-state index is 0.0592. The third kappa shape index (κ3) is 4.64. The van der Waals surface area contributed by atoms with Crippen molar-refractivity contribution >= 4 is 33.4 Å². The molecule has 2 rings (SSSR count). The molecule has 0 aromatic heterocycles. The number of ether oxygens (including phenoxy) is 1. The van der Waals surface area contributed by atoms with Crippen LogP contribution in [0, 0.1) is 10.1 Å². The summed E-state index contributed by atoms with van der Waals surface area (Å²) in [6.07, 6.45) is -1.34. The van der Waals surface area contributed by atoms with Crippen molar-refractivity contribution in [2.75, 3.05) is 0 Å². The van der Waals surface area contributed by atoms with Crippen molar-refractivity contribution in [3.63, 3.8) is 0 Å². The smallest absolute Gasteiger partial charge is 0.405 e. The number of carbonyl (C=O) groups is 1. The molecular formula is C15H14N2O4S2. The fraction of sp³-hybridized carbons (Fsp3) is 0.133. The summed E-state index contributed by atoms with van der Waals surface area (Å²) in [5.74, 6) is 0. The van der Waals surface area contributed by atoms with Gasteiger partial charge in [-0.25, -0.2) is 4.79 Å². The van der Waals surface area contributed by atoms with Crippen LogP contribution in [0.5, 0.6) is 0 Å². The Bertz CT molecular complexity index is 724. The Hall–Kier alpha value is -2.19. The molecule has 2 aromatic carbocycles. The first-order valence-corrected chi connectivity index (χ1v) is 8.77. The predicted octanol–water partition coefficient (Wildman–Crippen LogP) is 4.55. The number of nitro groups is 1. The normalized spacial score (nSPS) is 11.7. The third-order valence-electron chi connectivity index (χ3n) is 2.93. The molecular weight excluding hydrogens is 336 g/mol. The molecule has 120 valence electrons. The number of benzene rings is 2. The number of carbonyl (C=O) groups excluding carboxylic acids is 1. The lowest BCUT2D eigenvalue weighted by Gasteiger charge is -2.15. The van der Waals surface area contributed by atoms with Crippen LogP contribution < -0.4 is 5.73 Å². The van der Waals surface area contributed by atoms with E-state index in [2.05, 4.69) is 0 Å². The number of hydrogen-bond donors (Lipinski definition) is 1. The minimum Gasteiger partial charge on any atom is -0.442 e. The maximum atomic E-state index is 11.0. The highest BCUT2D eigenvalue weighted by molar-refractivity contribution is 8.76. The van der Waals surface area contributed by atoms with Gasteiger partial charge in [-0.3, -0.25) is 10.1 Å². The van der Waals surface area contributed by atoms with Gasteiger partial charge in [-0.2, -0.15) is 0 Å². The number of hydrogen-bond acceptors (Lipinski definition) is 6. The van der Waals surface area contributed by atoms with E-state index in [1.807, 2.05) is 24.3 Å². The number of nitro benzene ring substituents is 1. The van der Waals surface area contributed by atoms with Crippen molar-refractivity contribution in [3.8, 4) is 0 Å². The number of nitrogens with two attached hydrogens (primary N) is 1. The van der Waals surface area contributed by atoms with Gasteiger partial charge >= 0.3 is 6.09 Å². The van der Waals surface area contributed by atoms with E-state index >= 15 is 0 Å². The molecule has 6 nitrogen and oxygen atoms in total. The number of nitrogens with zero attached hydrogens (tertiary/aromatic N) is 1.